The summed E-state index contributed by atoms with van der Waals surface area (Å²) in [6, 6.07) is 5.54. The van der Waals surface area contributed by atoms with E-state index in [1.54, 1.807) is 13.0 Å². The zero-order valence-corrected chi connectivity index (χ0v) is 19.6. The highest BCUT2D eigenvalue weighted by molar-refractivity contribution is 6.04. The fraction of sp³-hybridized carbons (Fsp3) is 0.458. The number of hydrogen-bond donors (Lipinski definition) is 3. The molecule has 1 atom stereocenters. The number of H-pyrrole nitrogens is 1. The van der Waals surface area contributed by atoms with E-state index < -0.39 is 17.4 Å². The van der Waals surface area contributed by atoms with Crippen LogP contribution in [0.4, 0.5) is 17.5 Å². The van der Waals surface area contributed by atoms with Gasteiger partial charge in [0.05, 0.1) is 24.0 Å². The average Bonchev–Trinajstić information content (AvgIpc) is 2.80. The molecular weight excluding hydrogens is 438 g/mol. The zero-order valence-electron chi connectivity index (χ0n) is 19.6. The minimum Gasteiger partial charge on any atom is -0.466 e. The Balaban J connectivity index is 1.54. The lowest BCUT2D eigenvalue weighted by Gasteiger charge is -2.32. The number of esters is 1. The summed E-state index contributed by atoms with van der Waals surface area (Å²) in [5.74, 6) is -1.75. The number of ether oxygens (including phenoxy) is 1. The first kappa shape index (κ1) is 23.5. The number of carbonyl (C=O) groups is 3. The number of aromatic amines is 1. The fourth-order valence-corrected chi connectivity index (χ4v) is 4.37. The molecular formula is C24H29N5O5. The molecule has 1 saturated heterocycles. The van der Waals surface area contributed by atoms with Crippen LogP contribution >= 0.6 is 0 Å². The minimum absolute atomic E-state index is 0.0998. The first-order valence-corrected chi connectivity index (χ1v) is 11.5. The van der Waals surface area contributed by atoms with E-state index in [0.717, 1.165) is 11.1 Å². The number of piperidine rings is 1. The van der Waals surface area contributed by atoms with Crippen LogP contribution in [-0.2, 0) is 19.1 Å². The summed E-state index contributed by atoms with van der Waals surface area (Å²) >= 11 is 0. The van der Waals surface area contributed by atoms with Gasteiger partial charge in [0.15, 0.2) is 0 Å². The molecule has 1 fully saturated rings. The lowest BCUT2D eigenvalue weighted by molar-refractivity contribution is -0.148. The SMILES string of the molecule is CCOC(=O)C1CCN(c2nc3c(c(=O)[nH]2)C(C(=O)Nc2ccc(C)c(C)c2)CC(=O)N3)CC1. The van der Waals surface area contributed by atoms with Crippen molar-refractivity contribution in [3.63, 3.8) is 0 Å². The van der Waals surface area contributed by atoms with Crippen LogP contribution in [0.3, 0.4) is 0 Å². The molecule has 0 radical (unpaired) electrons. The van der Waals surface area contributed by atoms with E-state index in [1.807, 2.05) is 30.9 Å². The summed E-state index contributed by atoms with van der Waals surface area (Å²) in [5.41, 5.74) is 2.40. The molecule has 1 aromatic carbocycles. The third-order valence-corrected chi connectivity index (χ3v) is 6.44. The number of aryl methyl sites for hydroxylation is 2. The lowest BCUT2D eigenvalue weighted by Crippen LogP contribution is -2.41. The first-order chi connectivity index (χ1) is 16.3. The summed E-state index contributed by atoms with van der Waals surface area (Å²) in [6.45, 7) is 7.06. The molecule has 0 spiro atoms. The van der Waals surface area contributed by atoms with Crippen molar-refractivity contribution in [3.8, 4) is 0 Å². The summed E-state index contributed by atoms with van der Waals surface area (Å²) in [4.78, 5) is 59.5. The molecule has 0 saturated carbocycles. The Bertz CT molecular complexity index is 1180. The van der Waals surface area contributed by atoms with Gasteiger partial charge in [-0.1, -0.05) is 6.07 Å². The molecule has 180 valence electrons. The van der Waals surface area contributed by atoms with E-state index in [-0.39, 0.29) is 35.6 Å². The first-order valence-electron chi connectivity index (χ1n) is 11.5. The van der Waals surface area contributed by atoms with Crippen molar-refractivity contribution >= 4 is 35.2 Å². The number of hydrogen-bond acceptors (Lipinski definition) is 7. The molecule has 1 unspecified atom stereocenters. The normalized spacial score (nSPS) is 18.1. The van der Waals surface area contributed by atoms with E-state index in [1.165, 1.54) is 0 Å². The van der Waals surface area contributed by atoms with E-state index in [2.05, 4.69) is 20.6 Å². The quantitative estimate of drug-likeness (QED) is 0.574. The van der Waals surface area contributed by atoms with E-state index in [9.17, 15) is 19.2 Å². The standard InChI is InChI=1S/C24H29N5O5/c1-4-34-23(33)15-7-9-29(10-8-15)24-27-20-19(22(32)28-24)17(12-18(30)26-20)21(31)25-16-6-5-13(2)14(3)11-16/h5-6,11,15,17H,4,7-10,12H2,1-3H3,(H,25,31)(H2,26,27,28,30,32). The second kappa shape index (κ2) is 9.66. The molecule has 2 aliphatic heterocycles. The van der Waals surface area contributed by atoms with Gasteiger partial charge in [0.2, 0.25) is 17.8 Å². The highest BCUT2D eigenvalue weighted by Crippen LogP contribution is 2.31. The smallest absolute Gasteiger partial charge is 0.309 e. The number of fused-ring (bicyclic) bond motifs is 1. The maximum absolute atomic E-state index is 13.0. The Kier molecular flexibility index (Phi) is 6.67. The molecule has 2 amide bonds. The molecule has 10 nitrogen and oxygen atoms in total. The van der Waals surface area contributed by atoms with Crippen LogP contribution in [0.5, 0.6) is 0 Å². The average molecular weight is 468 g/mol. The molecule has 1 aromatic heterocycles. The van der Waals surface area contributed by atoms with Gasteiger partial charge >= 0.3 is 5.97 Å². The van der Waals surface area contributed by atoms with Crippen molar-refractivity contribution in [2.24, 2.45) is 5.92 Å². The van der Waals surface area contributed by atoms with Gasteiger partial charge in [-0.05, 0) is 56.9 Å². The van der Waals surface area contributed by atoms with Crippen LogP contribution in [0.15, 0.2) is 23.0 Å². The van der Waals surface area contributed by atoms with Crippen molar-refractivity contribution < 1.29 is 19.1 Å². The number of aromatic nitrogens is 2. The number of rotatable bonds is 5. The third kappa shape index (κ3) is 4.80. The monoisotopic (exact) mass is 467 g/mol. The van der Waals surface area contributed by atoms with E-state index in [0.29, 0.717) is 44.2 Å². The van der Waals surface area contributed by atoms with Crippen LogP contribution < -0.4 is 21.1 Å². The lowest BCUT2D eigenvalue weighted by atomic mass is 9.92. The summed E-state index contributed by atoms with van der Waals surface area (Å²) in [6.07, 6.45) is 1.01. The number of benzene rings is 1. The summed E-state index contributed by atoms with van der Waals surface area (Å²) < 4.78 is 5.10. The highest BCUT2D eigenvalue weighted by atomic mass is 16.5. The number of anilines is 3. The topological polar surface area (TPSA) is 133 Å². The Hall–Kier alpha value is -3.69. The van der Waals surface area contributed by atoms with Crippen molar-refractivity contribution in [1.82, 2.24) is 9.97 Å². The van der Waals surface area contributed by atoms with E-state index >= 15 is 0 Å². The molecule has 2 aromatic rings. The Morgan fingerprint density at radius 2 is 1.91 bits per heavy atom. The van der Waals surface area contributed by atoms with Gasteiger partial charge in [-0.3, -0.25) is 24.2 Å². The second-order valence-electron chi connectivity index (χ2n) is 8.76. The Labute approximate surface area is 197 Å². The van der Waals surface area contributed by atoms with Gasteiger partial charge in [0.25, 0.3) is 5.56 Å². The van der Waals surface area contributed by atoms with Gasteiger partial charge in [0.1, 0.15) is 5.82 Å². The molecule has 3 N–H and O–H groups in total. The minimum atomic E-state index is -0.954. The molecule has 3 heterocycles. The highest BCUT2D eigenvalue weighted by Gasteiger charge is 2.36. The molecule has 2 aliphatic rings. The maximum Gasteiger partial charge on any atom is 0.309 e. The fourth-order valence-electron chi connectivity index (χ4n) is 4.37. The van der Waals surface area contributed by atoms with Crippen LogP contribution in [0, 0.1) is 19.8 Å². The number of amides is 2. The predicted octanol–water partition coefficient (Wildman–Crippen LogP) is 2.23. The zero-order chi connectivity index (χ0) is 24.4. The van der Waals surface area contributed by atoms with Crippen LogP contribution in [0.25, 0.3) is 0 Å². The summed E-state index contributed by atoms with van der Waals surface area (Å²) in [7, 11) is 0. The van der Waals surface area contributed by atoms with E-state index in [4.69, 9.17) is 4.74 Å². The van der Waals surface area contributed by atoms with Gasteiger partial charge in [-0.25, -0.2) is 0 Å². The number of nitrogens with one attached hydrogen (secondary N) is 3. The third-order valence-electron chi connectivity index (χ3n) is 6.44. The predicted molar refractivity (Wildman–Crippen MR) is 127 cm³/mol. The molecule has 0 aliphatic carbocycles. The Morgan fingerprint density at radius 3 is 2.59 bits per heavy atom. The Morgan fingerprint density at radius 1 is 1.18 bits per heavy atom. The van der Waals surface area contributed by atoms with Crippen molar-refractivity contribution in [2.75, 3.05) is 35.2 Å². The maximum atomic E-state index is 13.0. The summed E-state index contributed by atoms with van der Waals surface area (Å²) in [5, 5.41) is 5.46. The van der Waals surface area contributed by atoms with Gasteiger partial charge in [0, 0.05) is 25.2 Å². The van der Waals surface area contributed by atoms with Crippen molar-refractivity contribution in [1.29, 1.82) is 0 Å². The molecule has 10 heteroatoms. The van der Waals surface area contributed by atoms with Crippen molar-refractivity contribution in [3.05, 3.63) is 45.2 Å². The molecule has 0 bridgehead atoms. The van der Waals surface area contributed by atoms with Crippen molar-refractivity contribution in [2.45, 2.75) is 46.0 Å². The largest absolute Gasteiger partial charge is 0.466 e. The number of carbonyl (C=O) groups excluding carboxylic acids is 3. The van der Waals surface area contributed by atoms with Crippen LogP contribution in [0.2, 0.25) is 0 Å². The second-order valence-corrected chi connectivity index (χ2v) is 8.76. The number of nitrogens with zero attached hydrogens (tertiary/aromatic N) is 2. The van der Waals surface area contributed by atoms with Crippen LogP contribution in [-0.4, -0.2) is 47.4 Å². The molecule has 34 heavy (non-hydrogen) atoms. The van der Waals surface area contributed by atoms with Gasteiger partial charge in [-0.15, -0.1) is 0 Å². The van der Waals surface area contributed by atoms with Gasteiger partial charge in [-0.2, -0.15) is 4.98 Å². The molecule has 4 rings (SSSR count). The van der Waals surface area contributed by atoms with Crippen LogP contribution in [0.1, 0.15) is 48.8 Å². The van der Waals surface area contributed by atoms with Gasteiger partial charge < -0.3 is 20.3 Å².